The second-order valence-corrected chi connectivity index (χ2v) is 8.03. The molecule has 1 saturated heterocycles. The summed E-state index contributed by atoms with van der Waals surface area (Å²) < 4.78 is 5.76. The molecule has 152 valence electrons. The largest absolute Gasteiger partial charge is 0.455 e. The normalized spacial score (nSPS) is 27.3. The van der Waals surface area contributed by atoms with Gasteiger partial charge in [-0.25, -0.2) is 0 Å². The van der Waals surface area contributed by atoms with Crippen LogP contribution in [-0.4, -0.2) is 28.0 Å². The van der Waals surface area contributed by atoms with Gasteiger partial charge in [0.25, 0.3) is 17.5 Å². The van der Waals surface area contributed by atoms with E-state index in [1.807, 2.05) is 6.92 Å². The van der Waals surface area contributed by atoms with Crippen molar-refractivity contribution in [3.8, 4) is 11.3 Å². The summed E-state index contributed by atoms with van der Waals surface area (Å²) in [4.78, 5) is 36.2. The molecule has 2 bridgehead atoms. The molecule has 3 aliphatic carbocycles. The van der Waals surface area contributed by atoms with Gasteiger partial charge in [0.15, 0.2) is 0 Å². The number of carbonyl (C=O) groups excluding carboxylic acids is 2. The first kappa shape index (κ1) is 18.5. The second-order valence-electron chi connectivity index (χ2n) is 8.03. The fourth-order valence-electron chi connectivity index (χ4n) is 4.84. The maximum Gasteiger partial charge on any atom is 0.270 e. The van der Waals surface area contributed by atoms with E-state index in [9.17, 15) is 19.7 Å². The Labute approximate surface area is 172 Å². The molecule has 2 amide bonds. The minimum Gasteiger partial charge on any atom is -0.455 e. The molecule has 4 atom stereocenters. The van der Waals surface area contributed by atoms with Gasteiger partial charge in [0.05, 0.1) is 23.0 Å². The first-order valence-corrected chi connectivity index (χ1v) is 9.89. The quantitative estimate of drug-likeness (QED) is 0.254. The number of rotatable bonds is 4. The number of hydrogen-bond donors (Lipinski definition) is 0. The predicted molar refractivity (Wildman–Crippen MR) is 107 cm³/mol. The summed E-state index contributed by atoms with van der Waals surface area (Å²) in [5.74, 6) is -0.0769. The van der Waals surface area contributed by atoms with Crippen molar-refractivity contribution in [2.45, 2.75) is 19.8 Å². The topological polar surface area (TPSA) is 106 Å². The number of furan rings is 1. The van der Waals surface area contributed by atoms with Crippen LogP contribution < -0.4 is 0 Å². The zero-order valence-electron chi connectivity index (χ0n) is 16.2. The number of hydrogen-bond acceptors (Lipinski definition) is 6. The third-order valence-electron chi connectivity index (χ3n) is 6.36. The highest BCUT2D eigenvalue weighted by atomic mass is 16.6. The Morgan fingerprint density at radius 2 is 1.77 bits per heavy atom. The summed E-state index contributed by atoms with van der Waals surface area (Å²) in [6.45, 7) is 1.83. The number of fused-ring (bicyclic) bond motifs is 1. The van der Waals surface area contributed by atoms with Crippen molar-refractivity contribution in [2.24, 2.45) is 28.8 Å². The van der Waals surface area contributed by atoms with Crippen LogP contribution in [0, 0.1) is 40.7 Å². The standard InChI is InChI=1S/C22H19N3O5/c1-12-2-7-15(25(28)29)10-17(12)18-9-8-16(30-18)11-23-24-21(26)19-13-3-4-14(6-5-13)20(19)22(24)27/h2-4,7-11,13-14,19-20H,5-6H2,1H3/b23-11-/t13-,14-,19-,20+/m0/s1. The summed E-state index contributed by atoms with van der Waals surface area (Å²) in [7, 11) is 0. The van der Waals surface area contributed by atoms with E-state index in [-0.39, 0.29) is 41.2 Å². The number of benzene rings is 1. The number of non-ortho nitro benzene ring substituents is 1. The number of carbonyl (C=O) groups is 2. The van der Waals surface area contributed by atoms with E-state index in [1.165, 1.54) is 18.3 Å². The van der Waals surface area contributed by atoms with E-state index in [0.717, 1.165) is 23.4 Å². The molecule has 30 heavy (non-hydrogen) atoms. The van der Waals surface area contributed by atoms with Gasteiger partial charge < -0.3 is 4.42 Å². The second kappa shape index (κ2) is 6.76. The Bertz CT molecular complexity index is 1100. The van der Waals surface area contributed by atoms with Gasteiger partial charge in [0.2, 0.25) is 0 Å². The van der Waals surface area contributed by atoms with E-state index in [2.05, 4.69) is 17.3 Å². The smallest absolute Gasteiger partial charge is 0.270 e. The summed E-state index contributed by atoms with van der Waals surface area (Å²) in [6.07, 6.45) is 7.34. The molecule has 1 saturated carbocycles. The molecular formula is C22H19N3O5. The van der Waals surface area contributed by atoms with Crippen molar-refractivity contribution in [1.82, 2.24) is 5.01 Å². The van der Waals surface area contributed by atoms with Crippen LogP contribution in [0.5, 0.6) is 0 Å². The summed E-state index contributed by atoms with van der Waals surface area (Å²) in [5, 5.41) is 16.2. The maximum atomic E-state index is 12.8. The molecule has 8 heteroatoms. The number of nitro benzene ring substituents is 1. The van der Waals surface area contributed by atoms with Crippen LogP contribution in [-0.2, 0) is 9.59 Å². The Morgan fingerprint density at radius 3 is 2.37 bits per heavy atom. The van der Waals surface area contributed by atoms with Crippen molar-refractivity contribution < 1.29 is 18.9 Å². The maximum absolute atomic E-state index is 12.8. The van der Waals surface area contributed by atoms with Gasteiger partial charge >= 0.3 is 0 Å². The molecule has 0 unspecified atom stereocenters. The van der Waals surface area contributed by atoms with Crippen molar-refractivity contribution in [3.63, 3.8) is 0 Å². The molecule has 1 aliphatic heterocycles. The van der Waals surface area contributed by atoms with Crippen LogP contribution in [0.3, 0.4) is 0 Å². The first-order valence-electron chi connectivity index (χ1n) is 9.89. The van der Waals surface area contributed by atoms with Crippen molar-refractivity contribution in [1.29, 1.82) is 0 Å². The van der Waals surface area contributed by atoms with Crippen LogP contribution >= 0.6 is 0 Å². The van der Waals surface area contributed by atoms with Gasteiger partial charge in [-0.3, -0.25) is 19.7 Å². The van der Waals surface area contributed by atoms with E-state index < -0.39 is 4.92 Å². The molecule has 1 aromatic heterocycles. The summed E-state index contributed by atoms with van der Waals surface area (Å²) in [6, 6.07) is 7.90. The third-order valence-corrected chi connectivity index (χ3v) is 6.36. The van der Waals surface area contributed by atoms with Crippen LogP contribution in [0.4, 0.5) is 5.69 Å². The Balaban J connectivity index is 1.39. The minimum absolute atomic E-state index is 0.0266. The number of nitro groups is 1. The van der Waals surface area contributed by atoms with Crippen LogP contribution in [0.15, 0.2) is 52.0 Å². The molecule has 4 aliphatic rings. The Kier molecular flexibility index (Phi) is 4.16. The predicted octanol–water partition coefficient (Wildman–Crippen LogP) is 3.69. The monoisotopic (exact) mass is 405 g/mol. The zero-order valence-corrected chi connectivity index (χ0v) is 16.2. The van der Waals surface area contributed by atoms with Gasteiger partial charge in [-0.05, 0) is 49.3 Å². The van der Waals surface area contributed by atoms with Crippen molar-refractivity contribution in [2.75, 3.05) is 0 Å². The summed E-state index contributed by atoms with van der Waals surface area (Å²) >= 11 is 0. The van der Waals surface area contributed by atoms with E-state index >= 15 is 0 Å². The minimum atomic E-state index is -0.458. The third kappa shape index (κ3) is 2.79. The number of imide groups is 1. The SMILES string of the molecule is Cc1ccc([N+](=O)[O-])cc1-c1ccc(/C=N\N2C(=O)[C@@H]3[C@H](C2=O)[C@H]2C=C[C@H]3CC2)o1. The number of aryl methyl sites for hydroxylation is 1. The molecule has 2 aromatic rings. The summed E-state index contributed by atoms with van der Waals surface area (Å²) in [5.41, 5.74) is 1.41. The highest BCUT2D eigenvalue weighted by Gasteiger charge is 2.56. The van der Waals surface area contributed by atoms with Crippen LogP contribution in [0.2, 0.25) is 0 Å². The molecule has 0 N–H and O–H groups in total. The lowest BCUT2D eigenvalue weighted by atomic mass is 9.63. The molecule has 2 fully saturated rings. The van der Waals surface area contributed by atoms with E-state index in [4.69, 9.17) is 4.42 Å². The number of allylic oxidation sites excluding steroid dienone is 2. The highest BCUT2D eigenvalue weighted by Crippen LogP contribution is 2.49. The number of hydrazone groups is 1. The van der Waals surface area contributed by atoms with Crippen LogP contribution in [0.25, 0.3) is 11.3 Å². The highest BCUT2D eigenvalue weighted by molar-refractivity contribution is 6.06. The van der Waals surface area contributed by atoms with Crippen LogP contribution in [0.1, 0.15) is 24.2 Å². The van der Waals surface area contributed by atoms with Gasteiger partial charge in [-0.1, -0.05) is 18.2 Å². The lowest BCUT2D eigenvalue weighted by Crippen LogP contribution is -2.38. The van der Waals surface area contributed by atoms with Gasteiger partial charge in [0, 0.05) is 17.7 Å². The number of amides is 2. The van der Waals surface area contributed by atoms with Gasteiger partial charge in [0.1, 0.15) is 11.5 Å². The molecular weight excluding hydrogens is 386 g/mol. The Hall–Kier alpha value is -3.55. The average molecular weight is 405 g/mol. The van der Waals surface area contributed by atoms with E-state index in [0.29, 0.717) is 17.1 Å². The van der Waals surface area contributed by atoms with E-state index in [1.54, 1.807) is 18.2 Å². The lowest BCUT2D eigenvalue weighted by molar-refractivity contribution is -0.384. The van der Waals surface area contributed by atoms with Gasteiger partial charge in [-0.15, -0.1) is 0 Å². The number of nitrogens with zero attached hydrogens (tertiary/aromatic N) is 3. The molecule has 2 heterocycles. The molecule has 0 radical (unpaired) electrons. The fourth-order valence-corrected chi connectivity index (χ4v) is 4.84. The zero-order chi connectivity index (χ0) is 21.0. The molecule has 0 spiro atoms. The average Bonchev–Trinajstić information content (AvgIpc) is 3.32. The molecule has 8 nitrogen and oxygen atoms in total. The Morgan fingerprint density at radius 1 is 1.10 bits per heavy atom. The molecule has 1 aromatic carbocycles. The lowest BCUT2D eigenvalue weighted by Gasteiger charge is -2.37. The molecule has 6 rings (SSSR count). The van der Waals surface area contributed by atoms with Crippen molar-refractivity contribution in [3.05, 3.63) is 63.9 Å². The van der Waals surface area contributed by atoms with Gasteiger partial charge in [-0.2, -0.15) is 10.1 Å². The van der Waals surface area contributed by atoms with Crippen molar-refractivity contribution >= 4 is 23.7 Å². The fraction of sp³-hybridized carbons (Fsp3) is 0.318. The first-order chi connectivity index (χ1) is 14.4.